The zero-order chi connectivity index (χ0) is 22.9. The maximum Gasteiger partial charge on any atom is 0.253 e. The summed E-state index contributed by atoms with van der Waals surface area (Å²) in [5.74, 6) is -0.478. The molecule has 9 nitrogen and oxygen atoms in total. The van der Waals surface area contributed by atoms with Crippen LogP contribution in [-0.4, -0.2) is 59.9 Å². The van der Waals surface area contributed by atoms with Crippen LogP contribution in [-0.2, 0) is 19.6 Å². The molecule has 0 bridgehead atoms. The van der Waals surface area contributed by atoms with Gasteiger partial charge in [0.1, 0.15) is 12.3 Å². The number of carbonyl (C=O) groups is 2. The first-order valence-electron chi connectivity index (χ1n) is 9.62. The minimum atomic E-state index is -3.75. The summed E-state index contributed by atoms with van der Waals surface area (Å²) in [4.78, 5) is 25.1. The molecule has 2 N–H and O–H groups in total. The smallest absolute Gasteiger partial charge is 0.253 e. The molecule has 31 heavy (non-hydrogen) atoms. The van der Waals surface area contributed by atoms with E-state index in [0.29, 0.717) is 31.2 Å². The summed E-state index contributed by atoms with van der Waals surface area (Å²) >= 11 is 0. The van der Waals surface area contributed by atoms with E-state index in [1.807, 2.05) is 6.92 Å². The maximum atomic E-state index is 12.7. The number of para-hydroxylation sites is 1. The van der Waals surface area contributed by atoms with Crippen molar-refractivity contribution >= 4 is 33.2 Å². The highest BCUT2D eigenvalue weighted by Crippen LogP contribution is 2.23. The van der Waals surface area contributed by atoms with E-state index in [4.69, 9.17) is 9.47 Å². The topological polar surface area (TPSA) is 114 Å². The van der Waals surface area contributed by atoms with Crippen molar-refractivity contribution in [2.75, 3.05) is 49.3 Å². The fraction of sp³-hybridized carbons (Fsp3) is 0.333. The van der Waals surface area contributed by atoms with Crippen molar-refractivity contribution < 1.29 is 27.5 Å². The molecule has 0 aromatic heterocycles. The Balaban J connectivity index is 2.19. The van der Waals surface area contributed by atoms with Gasteiger partial charge in [-0.05, 0) is 31.2 Å². The maximum absolute atomic E-state index is 12.7. The Morgan fingerprint density at radius 3 is 2.52 bits per heavy atom. The van der Waals surface area contributed by atoms with Crippen LogP contribution in [0.25, 0.3) is 0 Å². The molecule has 168 valence electrons. The number of hydrogen-bond donors (Lipinski definition) is 2. The van der Waals surface area contributed by atoms with Crippen LogP contribution in [0.5, 0.6) is 5.75 Å². The van der Waals surface area contributed by atoms with Crippen molar-refractivity contribution in [1.29, 1.82) is 0 Å². The van der Waals surface area contributed by atoms with Crippen LogP contribution in [0, 0.1) is 0 Å². The zero-order valence-electron chi connectivity index (χ0n) is 17.8. The van der Waals surface area contributed by atoms with E-state index >= 15 is 0 Å². The lowest BCUT2D eigenvalue weighted by molar-refractivity contribution is -0.114. The molecule has 2 aromatic rings. The largest absolute Gasteiger partial charge is 0.494 e. The molecule has 0 radical (unpaired) electrons. The third-order valence-corrected chi connectivity index (χ3v) is 5.28. The Morgan fingerprint density at radius 1 is 1.10 bits per heavy atom. The molecule has 0 atom stereocenters. The standard InChI is InChI=1S/C21H27N3O6S/c1-4-30-17-9-7-8-16(14-17)24(31(3,27)28)15-20(25)23-19-11-6-5-10-18(19)21(26)22-12-13-29-2/h5-11,14H,4,12-13,15H2,1-3H3,(H,22,26)(H,23,25). The lowest BCUT2D eigenvalue weighted by Crippen LogP contribution is -2.37. The minimum absolute atomic E-state index is 0.260. The summed E-state index contributed by atoms with van der Waals surface area (Å²) in [6.45, 7) is 2.44. The van der Waals surface area contributed by atoms with Crippen molar-refractivity contribution in [3.05, 3.63) is 54.1 Å². The Kier molecular flexibility index (Phi) is 8.83. The highest BCUT2D eigenvalue weighted by atomic mass is 32.2. The predicted molar refractivity (Wildman–Crippen MR) is 119 cm³/mol. The van der Waals surface area contributed by atoms with Crippen LogP contribution in [0.2, 0.25) is 0 Å². The minimum Gasteiger partial charge on any atom is -0.494 e. The molecule has 0 aliphatic heterocycles. The molecule has 0 heterocycles. The van der Waals surface area contributed by atoms with Gasteiger partial charge in [0, 0.05) is 19.7 Å². The number of nitrogens with zero attached hydrogens (tertiary/aromatic N) is 1. The van der Waals surface area contributed by atoms with Gasteiger partial charge in [-0.15, -0.1) is 0 Å². The summed E-state index contributed by atoms with van der Waals surface area (Å²) in [5, 5.41) is 5.31. The van der Waals surface area contributed by atoms with E-state index in [0.717, 1.165) is 10.6 Å². The van der Waals surface area contributed by atoms with Crippen molar-refractivity contribution in [1.82, 2.24) is 5.32 Å². The molecule has 2 amide bonds. The number of carbonyl (C=O) groups excluding carboxylic acids is 2. The molecule has 0 spiro atoms. The van der Waals surface area contributed by atoms with Crippen molar-refractivity contribution in [3.8, 4) is 5.75 Å². The molecular weight excluding hydrogens is 422 g/mol. The van der Waals surface area contributed by atoms with Gasteiger partial charge >= 0.3 is 0 Å². The Bertz CT molecular complexity index is 1010. The first-order chi connectivity index (χ1) is 14.8. The van der Waals surface area contributed by atoms with E-state index < -0.39 is 22.5 Å². The summed E-state index contributed by atoms with van der Waals surface area (Å²) in [7, 11) is -2.23. The first kappa shape index (κ1) is 24.2. The normalized spacial score (nSPS) is 10.9. The summed E-state index contributed by atoms with van der Waals surface area (Å²) < 4.78 is 36.0. The second kappa shape index (κ2) is 11.3. The molecule has 0 saturated heterocycles. The molecule has 0 aliphatic carbocycles. The number of anilines is 2. The third-order valence-electron chi connectivity index (χ3n) is 4.14. The quantitative estimate of drug-likeness (QED) is 0.506. The Morgan fingerprint density at radius 2 is 1.84 bits per heavy atom. The molecule has 2 rings (SSSR count). The fourth-order valence-electron chi connectivity index (χ4n) is 2.77. The molecule has 2 aromatic carbocycles. The number of methoxy groups -OCH3 is 1. The van der Waals surface area contributed by atoms with Gasteiger partial charge in [-0.25, -0.2) is 8.42 Å². The first-order valence-corrected chi connectivity index (χ1v) is 11.5. The van der Waals surface area contributed by atoms with Crippen molar-refractivity contribution in [2.45, 2.75) is 6.92 Å². The predicted octanol–water partition coefficient (Wildman–Crippen LogP) is 1.87. The molecule has 10 heteroatoms. The second-order valence-electron chi connectivity index (χ2n) is 6.54. The van der Waals surface area contributed by atoms with E-state index in [1.54, 1.807) is 48.5 Å². The van der Waals surface area contributed by atoms with Crippen molar-refractivity contribution in [2.24, 2.45) is 0 Å². The number of amides is 2. The van der Waals surface area contributed by atoms with Gasteiger partial charge in [0.2, 0.25) is 15.9 Å². The highest BCUT2D eigenvalue weighted by molar-refractivity contribution is 7.92. The van der Waals surface area contributed by atoms with E-state index in [2.05, 4.69) is 10.6 Å². The summed E-state index contributed by atoms with van der Waals surface area (Å²) in [6.07, 6.45) is 1.02. The van der Waals surface area contributed by atoms with Gasteiger partial charge in [-0.3, -0.25) is 13.9 Å². The highest BCUT2D eigenvalue weighted by Gasteiger charge is 2.22. The number of nitrogens with one attached hydrogen (secondary N) is 2. The van der Waals surface area contributed by atoms with Crippen LogP contribution < -0.4 is 19.7 Å². The number of sulfonamides is 1. The number of benzene rings is 2. The van der Waals surface area contributed by atoms with Gasteiger partial charge in [-0.1, -0.05) is 18.2 Å². The third kappa shape index (κ3) is 7.26. The average molecular weight is 450 g/mol. The van der Waals surface area contributed by atoms with Gasteiger partial charge in [-0.2, -0.15) is 0 Å². The van der Waals surface area contributed by atoms with Crippen LogP contribution in [0.3, 0.4) is 0 Å². The van der Waals surface area contributed by atoms with Crippen LogP contribution in [0.4, 0.5) is 11.4 Å². The number of hydrogen-bond acceptors (Lipinski definition) is 6. The van der Waals surface area contributed by atoms with Crippen LogP contribution in [0.15, 0.2) is 48.5 Å². The molecule has 0 aliphatic rings. The van der Waals surface area contributed by atoms with Gasteiger partial charge in [0.05, 0.1) is 36.4 Å². The second-order valence-corrected chi connectivity index (χ2v) is 8.45. The summed E-state index contributed by atoms with van der Waals surface area (Å²) in [5.41, 5.74) is 0.837. The molecule has 0 saturated carbocycles. The fourth-order valence-corrected chi connectivity index (χ4v) is 3.62. The van der Waals surface area contributed by atoms with E-state index in [1.165, 1.54) is 7.11 Å². The molecule has 0 fully saturated rings. The van der Waals surface area contributed by atoms with Crippen LogP contribution in [0.1, 0.15) is 17.3 Å². The molecular formula is C21H27N3O6S. The van der Waals surface area contributed by atoms with Gasteiger partial charge in [0.15, 0.2) is 0 Å². The summed E-state index contributed by atoms with van der Waals surface area (Å²) in [6, 6.07) is 13.0. The average Bonchev–Trinajstić information content (AvgIpc) is 2.72. The zero-order valence-corrected chi connectivity index (χ0v) is 18.6. The molecule has 0 unspecified atom stereocenters. The monoisotopic (exact) mass is 449 g/mol. The van der Waals surface area contributed by atoms with Crippen LogP contribution >= 0.6 is 0 Å². The lowest BCUT2D eigenvalue weighted by atomic mass is 10.1. The Labute approximate surface area is 182 Å². The van der Waals surface area contributed by atoms with Gasteiger partial charge < -0.3 is 20.1 Å². The van der Waals surface area contributed by atoms with Gasteiger partial charge in [0.25, 0.3) is 5.91 Å². The lowest BCUT2D eigenvalue weighted by Gasteiger charge is -2.22. The number of rotatable bonds is 11. The van der Waals surface area contributed by atoms with Crippen molar-refractivity contribution in [3.63, 3.8) is 0 Å². The number of ether oxygens (including phenoxy) is 2. The van der Waals surface area contributed by atoms with E-state index in [-0.39, 0.29) is 17.2 Å². The SMILES string of the molecule is CCOc1cccc(N(CC(=O)Nc2ccccc2C(=O)NCCOC)S(C)(=O)=O)c1. The Hall–Kier alpha value is -3.11. The van der Waals surface area contributed by atoms with E-state index in [9.17, 15) is 18.0 Å².